The summed E-state index contributed by atoms with van der Waals surface area (Å²) >= 11 is 26.9. The Bertz CT molecular complexity index is 546. The van der Waals surface area contributed by atoms with Crippen molar-refractivity contribution in [2.75, 3.05) is 0 Å². The molecule has 0 aliphatic carbocycles. The number of alkyl halides is 5. The largest absolute Gasteiger partial charge is 0.197 e. The molecule has 0 aliphatic rings. The zero-order valence-corrected chi connectivity index (χ0v) is 13.0. The van der Waals surface area contributed by atoms with Crippen LogP contribution >= 0.6 is 62.3 Å². The predicted molar refractivity (Wildman–Crippen MR) is 80.7 cm³/mol. The molecule has 90 valence electrons. The van der Waals surface area contributed by atoms with E-state index in [-0.39, 0.29) is 0 Å². The van der Waals surface area contributed by atoms with Crippen molar-refractivity contribution in [2.24, 2.45) is 0 Å². The van der Waals surface area contributed by atoms with Gasteiger partial charge in [0.2, 0.25) is 0 Å². The van der Waals surface area contributed by atoms with E-state index in [4.69, 9.17) is 46.4 Å². The smallest absolute Gasteiger partial charge is 0.100 e. The van der Waals surface area contributed by atoms with Gasteiger partial charge in [-0.3, -0.25) is 0 Å². The Balaban J connectivity index is 2.59. The summed E-state index contributed by atoms with van der Waals surface area (Å²) in [7, 11) is 0. The van der Waals surface area contributed by atoms with Crippen molar-refractivity contribution >= 4 is 73.1 Å². The molecule has 0 spiro atoms. The van der Waals surface area contributed by atoms with Crippen LogP contribution in [-0.2, 0) is 3.24 Å². The van der Waals surface area contributed by atoms with Crippen molar-refractivity contribution in [3.05, 3.63) is 47.5 Å². The molecule has 2 aromatic rings. The van der Waals surface area contributed by atoms with Crippen LogP contribution in [0.1, 0.15) is 16.0 Å². The van der Waals surface area contributed by atoms with Gasteiger partial charge in [0.05, 0.1) is 0 Å². The van der Waals surface area contributed by atoms with Crippen LogP contribution in [0.15, 0.2) is 36.4 Å². The summed E-state index contributed by atoms with van der Waals surface area (Å²) in [6, 6.07) is 11.5. The molecule has 0 unspecified atom stereocenters. The second-order valence-corrected chi connectivity index (χ2v) is 8.15. The molecule has 5 heteroatoms. The molecule has 2 rings (SSSR count). The standard InChI is InChI=1S/C12H7BrCl4/c13-12(16,17)10-4-3-7-1-2-8(11(14)15)5-9(7)6-10/h1-6,11H. The summed E-state index contributed by atoms with van der Waals surface area (Å²) < 4.78 is -1.08. The van der Waals surface area contributed by atoms with Crippen LogP contribution in [0.4, 0.5) is 0 Å². The molecule has 0 aromatic heterocycles. The van der Waals surface area contributed by atoms with Gasteiger partial charge in [0.15, 0.2) is 3.24 Å². The Morgan fingerprint density at radius 1 is 0.941 bits per heavy atom. The minimum Gasteiger partial charge on any atom is -0.100 e. The van der Waals surface area contributed by atoms with Crippen molar-refractivity contribution in [1.29, 1.82) is 0 Å². The highest BCUT2D eigenvalue weighted by Gasteiger charge is 2.22. The van der Waals surface area contributed by atoms with Gasteiger partial charge in [0.25, 0.3) is 0 Å². The molecular weight excluding hydrogens is 366 g/mol. The van der Waals surface area contributed by atoms with Crippen molar-refractivity contribution < 1.29 is 0 Å². The van der Waals surface area contributed by atoms with Gasteiger partial charge >= 0.3 is 0 Å². The highest BCUT2D eigenvalue weighted by atomic mass is 79.9. The SMILES string of the molecule is ClC(Cl)c1ccc2ccc(C(Cl)(Cl)Br)cc2c1. The number of hydrogen-bond donors (Lipinski definition) is 0. The third-order valence-electron chi connectivity index (χ3n) is 2.44. The molecule has 0 bridgehead atoms. The van der Waals surface area contributed by atoms with E-state index in [1.165, 1.54) is 0 Å². The van der Waals surface area contributed by atoms with Crippen LogP contribution in [0.25, 0.3) is 10.8 Å². The molecule has 0 saturated carbocycles. The average molecular weight is 373 g/mol. The minimum atomic E-state index is -1.08. The normalized spacial score (nSPS) is 12.4. The number of rotatable bonds is 2. The number of halogens is 5. The molecule has 0 nitrogen and oxygen atoms in total. The lowest BCUT2D eigenvalue weighted by atomic mass is 10.1. The van der Waals surface area contributed by atoms with Gasteiger partial charge in [0.1, 0.15) is 4.84 Å². The van der Waals surface area contributed by atoms with Gasteiger partial charge in [-0.25, -0.2) is 0 Å². The maximum atomic E-state index is 5.99. The van der Waals surface area contributed by atoms with Crippen LogP contribution < -0.4 is 0 Å². The average Bonchev–Trinajstić information content (AvgIpc) is 2.26. The third kappa shape index (κ3) is 3.21. The first-order valence-electron chi connectivity index (χ1n) is 4.77. The van der Waals surface area contributed by atoms with E-state index in [0.717, 1.165) is 21.9 Å². The topological polar surface area (TPSA) is 0 Å². The van der Waals surface area contributed by atoms with Gasteiger partial charge < -0.3 is 0 Å². The van der Waals surface area contributed by atoms with Gasteiger partial charge in [0, 0.05) is 0 Å². The van der Waals surface area contributed by atoms with Crippen LogP contribution in [-0.4, -0.2) is 0 Å². The number of benzene rings is 2. The Hall–Kier alpha value is 0.340. The summed E-state index contributed by atoms with van der Waals surface area (Å²) in [6.45, 7) is 0. The molecule has 0 N–H and O–H groups in total. The van der Waals surface area contributed by atoms with Gasteiger partial charge in [-0.05, 0) is 50.0 Å². The van der Waals surface area contributed by atoms with E-state index in [1.54, 1.807) is 0 Å². The molecule has 2 aromatic carbocycles. The maximum absolute atomic E-state index is 5.99. The van der Waals surface area contributed by atoms with Crippen molar-refractivity contribution in [2.45, 2.75) is 8.08 Å². The van der Waals surface area contributed by atoms with E-state index in [1.807, 2.05) is 36.4 Å². The Morgan fingerprint density at radius 2 is 1.59 bits per heavy atom. The molecule has 0 fully saturated rings. The molecule has 0 aliphatic heterocycles. The summed E-state index contributed by atoms with van der Waals surface area (Å²) in [5, 5.41) is 2.08. The Kier molecular flexibility index (Phi) is 4.16. The molecule has 0 saturated heterocycles. The lowest BCUT2D eigenvalue weighted by Gasteiger charge is -2.13. The van der Waals surface area contributed by atoms with Crippen LogP contribution in [0, 0.1) is 0 Å². The lowest BCUT2D eigenvalue weighted by Crippen LogP contribution is -1.98. The fourth-order valence-electron chi connectivity index (χ4n) is 1.58. The van der Waals surface area contributed by atoms with Gasteiger partial charge in [-0.1, -0.05) is 47.5 Å². The Labute approximate surface area is 128 Å². The van der Waals surface area contributed by atoms with Crippen molar-refractivity contribution in [3.63, 3.8) is 0 Å². The number of hydrogen-bond acceptors (Lipinski definition) is 0. The zero-order valence-electron chi connectivity index (χ0n) is 8.43. The van der Waals surface area contributed by atoms with Gasteiger partial charge in [-0.15, -0.1) is 23.2 Å². The highest BCUT2D eigenvalue weighted by molar-refractivity contribution is 9.10. The summed E-state index contributed by atoms with van der Waals surface area (Å²) in [5.74, 6) is 0. The molecule has 0 radical (unpaired) electrons. The first-order chi connectivity index (χ1) is 7.88. The zero-order chi connectivity index (χ0) is 12.6. The van der Waals surface area contributed by atoms with E-state index in [2.05, 4.69) is 15.9 Å². The minimum absolute atomic E-state index is 0.538. The van der Waals surface area contributed by atoms with Crippen molar-refractivity contribution in [1.82, 2.24) is 0 Å². The van der Waals surface area contributed by atoms with Crippen LogP contribution in [0.2, 0.25) is 0 Å². The molecule has 17 heavy (non-hydrogen) atoms. The molecular formula is C12H7BrCl4. The van der Waals surface area contributed by atoms with E-state index in [9.17, 15) is 0 Å². The first kappa shape index (κ1) is 13.8. The summed E-state index contributed by atoms with van der Waals surface area (Å²) in [4.78, 5) is -0.538. The summed E-state index contributed by atoms with van der Waals surface area (Å²) in [5.41, 5.74) is 1.62. The maximum Gasteiger partial charge on any atom is 0.197 e. The molecule has 0 heterocycles. The van der Waals surface area contributed by atoms with E-state index in [0.29, 0.717) is 0 Å². The van der Waals surface area contributed by atoms with E-state index >= 15 is 0 Å². The Morgan fingerprint density at radius 3 is 2.18 bits per heavy atom. The summed E-state index contributed by atoms with van der Waals surface area (Å²) in [6.07, 6.45) is 0. The van der Waals surface area contributed by atoms with Crippen molar-refractivity contribution in [3.8, 4) is 0 Å². The number of fused-ring (bicyclic) bond motifs is 1. The highest BCUT2D eigenvalue weighted by Crippen LogP contribution is 2.41. The van der Waals surface area contributed by atoms with Crippen LogP contribution in [0.5, 0.6) is 0 Å². The fourth-order valence-corrected chi connectivity index (χ4v) is 2.33. The van der Waals surface area contributed by atoms with Crippen LogP contribution in [0.3, 0.4) is 0 Å². The molecule has 0 amide bonds. The predicted octanol–water partition coefficient (Wildman–Crippen LogP) is 6.30. The quantitative estimate of drug-likeness (QED) is 0.543. The van der Waals surface area contributed by atoms with Gasteiger partial charge in [-0.2, -0.15) is 0 Å². The third-order valence-corrected chi connectivity index (χ3v) is 3.84. The first-order valence-corrected chi connectivity index (χ1v) is 7.19. The second-order valence-electron chi connectivity index (χ2n) is 3.62. The lowest BCUT2D eigenvalue weighted by molar-refractivity contribution is 1.29. The monoisotopic (exact) mass is 370 g/mol. The van der Waals surface area contributed by atoms with E-state index < -0.39 is 8.08 Å². The second kappa shape index (κ2) is 5.14. The fraction of sp³-hybridized carbons (Fsp3) is 0.167. The molecule has 0 atom stereocenters.